The second-order valence-electron chi connectivity index (χ2n) is 11.0. The van der Waals surface area contributed by atoms with Crippen LogP contribution in [-0.2, 0) is 16.6 Å². The van der Waals surface area contributed by atoms with E-state index in [2.05, 4.69) is 14.8 Å². The van der Waals surface area contributed by atoms with E-state index in [1.807, 2.05) is 20.8 Å². The van der Waals surface area contributed by atoms with Gasteiger partial charge in [-0.15, -0.1) is 8.78 Å². The number of anilines is 2. The number of nitrogens with one attached hydrogen (secondary N) is 1. The van der Waals surface area contributed by atoms with Crippen LogP contribution in [-0.4, -0.2) is 59.9 Å². The zero-order valence-corrected chi connectivity index (χ0v) is 22.3. The highest BCUT2D eigenvalue weighted by Gasteiger charge is 2.53. The maximum atomic E-state index is 15.5. The van der Waals surface area contributed by atoms with Crippen molar-refractivity contribution in [1.82, 2.24) is 0 Å². The van der Waals surface area contributed by atoms with Gasteiger partial charge in [0.1, 0.15) is 5.82 Å². The molecule has 1 aliphatic carbocycles. The highest BCUT2D eigenvalue weighted by atomic mass is 19.3. The fourth-order valence-electron chi connectivity index (χ4n) is 5.00. The Labute approximate surface area is 225 Å². The average molecular weight is 553 g/mol. The normalized spacial score (nSPS) is 17.6. The molecule has 1 saturated carbocycles. The van der Waals surface area contributed by atoms with Crippen molar-refractivity contribution in [2.75, 3.05) is 36.5 Å². The van der Waals surface area contributed by atoms with Gasteiger partial charge in [0.05, 0.1) is 23.8 Å². The van der Waals surface area contributed by atoms with Gasteiger partial charge >= 0.3 is 6.29 Å². The topological polar surface area (TPSA) is 111 Å². The third-order valence-electron chi connectivity index (χ3n) is 7.33. The number of rotatable bonds is 12. The van der Waals surface area contributed by atoms with Crippen molar-refractivity contribution in [3.8, 4) is 11.5 Å². The van der Waals surface area contributed by atoms with Crippen molar-refractivity contribution in [2.24, 2.45) is 5.41 Å². The van der Waals surface area contributed by atoms with Crippen LogP contribution in [0.2, 0.25) is 0 Å². The lowest BCUT2D eigenvalue weighted by molar-refractivity contribution is -0.286. The van der Waals surface area contributed by atoms with Gasteiger partial charge in [-0.2, -0.15) is 0 Å². The number of ether oxygens (including phenoxy) is 2. The van der Waals surface area contributed by atoms with Crippen LogP contribution in [0.4, 0.5) is 24.5 Å². The predicted molar refractivity (Wildman–Crippen MR) is 139 cm³/mol. The van der Waals surface area contributed by atoms with E-state index >= 15 is 4.39 Å². The number of hydrogen-bond donors (Lipinski definition) is 4. The lowest BCUT2D eigenvalue weighted by Gasteiger charge is -2.36. The molecule has 2 aromatic carbocycles. The Morgan fingerprint density at radius 2 is 1.85 bits per heavy atom. The Balaban J connectivity index is 1.59. The number of amides is 1. The largest absolute Gasteiger partial charge is 0.586 e. The molecule has 4 N–H and O–H groups in total. The Kier molecular flexibility index (Phi) is 8.07. The number of benzene rings is 2. The lowest BCUT2D eigenvalue weighted by Crippen LogP contribution is -2.41. The van der Waals surface area contributed by atoms with Crippen molar-refractivity contribution in [1.29, 1.82) is 0 Å². The highest BCUT2D eigenvalue weighted by molar-refractivity contribution is 6.01. The van der Waals surface area contributed by atoms with Crippen LogP contribution < -0.4 is 19.7 Å². The molecule has 1 amide bonds. The number of aliphatic hydroxyl groups is 3. The smallest absolute Gasteiger partial charge is 0.396 e. The minimum absolute atomic E-state index is 0.0172. The van der Waals surface area contributed by atoms with Crippen LogP contribution >= 0.6 is 0 Å². The van der Waals surface area contributed by atoms with Crippen molar-refractivity contribution in [3.63, 3.8) is 0 Å². The van der Waals surface area contributed by atoms with Gasteiger partial charge in [0.15, 0.2) is 11.5 Å². The Hall–Kier alpha value is -3.02. The lowest BCUT2D eigenvalue weighted by atomic mass is 9.88. The molecule has 0 radical (unpaired) electrons. The zero-order valence-electron chi connectivity index (χ0n) is 22.3. The molecule has 1 atom stereocenters. The molecule has 2 aliphatic rings. The Bertz CT molecular complexity index is 1220. The van der Waals surface area contributed by atoms with E-state index in [9.17, 15) is 28.9 Å². The van der Waals surface area contributed by atoms with E-state index in [1.54, 1.807) is 11.0 Å². The van der Waals surface area contributed by atoms with E-state index in [4.69, 9.17) is 0 Å². The van der Waals surface area contributed by atoms with E-state index in [1.165, 1.54) is 24.3 Å². The van der Waals surface area contributed by atoms with Gasteiger partial charge in [-0.05, 0) is 66.5 Å². The number of halogens is 3. The summed E-state index contributed by atoms with van der Waals surface area (Å²) < 4.78 is 51.3. The number of alkyl halides is 2. The summed E-state index contributed by atoms with van der Waals surface area (Å²) in [5.74, 6) is -1.42. The van der Waals surface area contributed by atoms with Crippen LogP contribution in [0.15, 0.2) is 30.3 Å². The third kappa shape index (κ3) is 6.26. The molecule has 0 saturated heterocycles. The fraction of sp³-hybridized carbons (Fsp3) is 0.536. The molecule has 0 bridgehead atoms. The summed E-state index contributed by atoms with van der Waals surface area (Å²) in [6, 6.07) is 7.08. The molecule has 39 heavy (non-hydrogen) atoms. The maximum Gasteiger partial charge on any atom is 0.586 e. The van der Waals surface area contributed by atoms with Gasteiger partial charge < -0.3 is 35.0 Å². The van der Waals surface area contributed by atoms with E-state index in [0.717, 1.165) is 0 Å². The van der Waals surface area contributed by atoms with Crippen molar-refractivity contribution >= 4 is 17.3 Å². The van der Waals surface area contributed by atoms with E-state index in [-0.39, 0.29) is 35.8 Å². The zero-order chi connectivity index (χ0) is 28.6. The summed E-state index contributed by atoms with van der Waals surface area (Å²) in [5.41, 5.74) is 0.320. The van der Waals surface area contributed by atoms with Crippen molar-refractivity contribution in [2.45, 2.75) is 64.3 Å². The second-order valence-corrected chi connectivity index (χ2v) is 11.0. The van der Waals surface area contributed by atoms with E-state index < -0.39 is 36.1 Å². The number of carbonyl (C=O) groups excluding carboxylic acids is 1. The highest BCUT2D eigenvalue weighted by Crippen LogP contribution is 2.52. The standard InChI is InChI=1S/C28H35F3N2O6/c1-4-17-11-21(20(29)13-22(17)33(14-19(36)15-35)16-26(2,3)9-10-34)32-25(37)27(7-8-27)18-5-6-23-24(12-18)39-28(30,31)38-23/h5-6,11-13,19,34-36H,4,7-10,14-16H2,1-3H3,(H,32,37)/t19-/m1/s1. The third-order valence-corrected chi connectivity index (χ3v) is 7.33. The summed E-state index contributed by atoms with van der Waals surface area (Å²) in [6.45, 7) is 5.72. The number of nitrogens with zero attached hydrogens (tertiary/aromatic N) is 1. The van der Waals surface area contributed by atoms with Gasteiger partial charge in [0.2, 0.25) is 5.91 Å². The first-order chi connectivity index (χ1) is 18.3. The molecule has 0 spiro atoms. The molecule has 1 heterocycles. The van der Waals surface area contributed by atoms with Gasteiger partial charge in [0.25, 0.3) is 0 Å². The van der Waals surface area contributed by atoms with Gasteiger partial charge in [0, 0.05) is 25.4 Å². The molecular weight excluding hydrogens is 517 g/mol. The first-order valence-corrected chi connectivity index (χ1v) is 13.0. The molecule has 0 aromatic heterocycles. The summed E-state index contributed by atoms with van der Waals surface area (Å²) >= 11 is 0. The quantitative estimate of drug-likeness (QED) is 0.316. The fourth-order valence-corrected chi connectivity index (χ4v) is 5.00. The van der Waals surface area contributed by atoms with Crippen molar-refractivity contribution in [3.05, 3.63) is 47.3 Å². The van der Waals surface area contributed by atoms with Crippen LogP contribution in [0.3, 0.4) is 0 Å². The molecule has 8 nitrogen and oxygen atoms in total. The SMILES string of the molecule is CCc1cc(NC(=O)C2(c3ccc4c(c3)OC(F)(F)O4)CC2)c(F)cc1N(C[C@@H](O)CO)CC(C)(C)CCO. The maximum absolute atomic E-state index is 15.5. The molecular formula is C28H35F3N2O6. The van der Waals surface area contributed by atoms with Crippen LogP contribution in [0.5, 0.6) is 11.5 Å². The van der Waals surface area contributed by atoms with Gasteiger partial charge in [-0.3, -0.25) is 4.79 Å². The Morgan fingerprint density at radius 1 is 1.15 bits per heavy atom. The minimum atomic E-state index is -3.77. The Morgan fingerprint density at radius 3 is 2.46 bits per heavy atom. The molecule has 11 heteroatoms. The minimum Gasteiger partial charge on any atom is -0.396 e. The summed E-state index contributed by atoms with van der Waals surface area (Å²) in [7, 11) is 0. The summed E-state index contributed by atoms with van der Waals surface area (Å²) in [6.07, 6.45) is -2.93. The molecule has 1 aliphatic heterocycles. The van der Waals surface area contributed by atoms with Crippen LogP contribution in [0.1, 0.15) is 51.2 Å². The molecule has 4 rings (SSSR count). The average Bonchev–Trinajstić information content (AvgIpc) is 3.61. The number of carbonyl (C=O) groups is 1. The first kappa shape index (κ1) is 29.0. The number of hydrogen-bond acceptors (Lipinski definition) is 7. The van der Waals surface area contributed by atoms with Gasteiger partial charge in [-0.25, -0.2) is 4.39 Å². The molecule has 2 aromatic rings. The predicted octanol–water partition coefficient (Wildman–Crippen LogP) is 3.95. The van der Waals surface area contributed by atoms with Crippen LogP contribution in [0.25, 0.3) is 0 Å². The van der Waals surface area contributed by atoms with E-state index in [0.29, 0.717) is 49.0 Å². The summed E-state index contributed by atoms with van der Waals surface area (Å²) in [5, 5.41) is 31.7. The summed E-state index contributed by atoms with van der Waals surface area (Å²) in [4.78, 5) is 15.1. The molecule has 0 unspecified atom stereocenters. The molecule has 214 valence electrons. The number of aliphatic hydroxyl groups excluding tert-OH is 3. The first-order valence-electron chi connectivity index (χ1n) is 13.0. The second kappa shape index (κ2) is 10.9. The molecule has 1 fully saturated rings. The monoisotopic (exact) mass is 552 g/mol. The van der Waals surface area contributed by atoms with Crippen molar-refractivity contribution < 1.29 is 42.8 Å². The van der Waals surface area contributed by atoms with Crippen LogP contribution in [0, 0.1) is 11.2 Å². The number of aryl methyl sites for hydroxylation is 1. The van der Waals surface area contributed by atoms with Gasteiger partial charge in [-0.1, -0.05) is 26.8 Å². The number of fused-ring (bicyclic) bond motifs is 1.